The molecule has 9 heteroatoms. The first-order valence-corrected chi connectivity index (χ1v) is 13.8. The number of carbonyl (C=O) groups is 3. The lowest BCUT2D eigenvalue weighted by Gasteiger charge is -2.66. The molecule has 3 aliphatic rings. The Morgan fingerprint density at radius 2 is 1.76 bits per heavy atom. The molecule has 1 aromatic carbocycles. The minimum absolute atomic E-state index is 0.112. The summed E-state index contributed by atoms with van der Waals surface area (Å²) in [7, 11) is 0. The third-order valence-corrected chi connectivity index (χ3v) is 10.5. The van der Waals surface area contributed by atoms with Crippen LogP contribution in [0.3, 0.4) is 0 Å². The van der Waals surface area contributed by atoms with E-state index >= 15 is 0 Å². The number of fused-ring (bicyclic) bond motifs is 3. The molecule has 2 fully saturated rings. The number of nitrogens with two attached hydrogens (primary N) is 1. The molecule has 0 saturated heterocycles. The summed E-state index contributed by atoms with van der Waals surface area (Å²) in [5.74, 6) is -6.78. The van der Waals surface area contributed by atoms with E-state index in [0.717, 1.165) is 3.57 Å². The minimum atomic E-state index is -2.50. The lowest BCUT2D eigenvalue weighted by molar-refractivity contribution is -0.265. The predicted molar refractivity (Wildman–Crippen MR) is 145 cm³/mol. The smallest absolute Gasteiger partial charge is 0.230 e. The normalized spacial score (nSPS) is 39.7. The number of amides is 1. The average Bonchev–Trinajstić information content (AvgIpc) is 2.71. The molecule has 4 rings (SSSR count). The first kappa shape index (κ1) is 28.4. The highest BCUT2D eigenvalue weighted by atomic mass is 127. The van der Waals surface area contributed by atoms with E-state index in [2.05, 4.69) is 22.6 Å². The van der Waals surface area contributed by atoms with E-state index in [1.165, 1.54) is 0 Å². The maximum atomic E-state index is 14.2. The van der Waals surface area contributed by atoms with E-state index in [1.807, 2.05) is 47.6 Å². The van der Waals surface area contributed by atoms with Gasteiger partial charge in [0, 0.05) is 14.5 Å². The third-order valence-electron chi connectivity index (χ3n) is 9.53. The topological polar surface area (TPSA) is 158 Å². The van der Waals surface area contributed by atoms with Crippen LogP contribution in [0, 0.1) is 38.1 Å². The highest BCUT2D eigenvalue weighted by molar-refractivity contribution is 14.1. The summed E-state index contributed by atoms with van der Waals surface area (Å²) in [4.78, 5) is 40.2. The Bertz CT molecular complexity index is 1210. The van der Waals surface area contributed by atoms with Gasteiger partial charge in [0.25, 0.3) is 0 Å². The second-order valence-electron chi connectivity index (χ2n) is 13.3. The predicted octanol–water partition coefficient (Wildman–Crippen LogP) is 2.47. The molecule has 37 heavy (non-hydrogen) atoms. The van der Waals surface area contributed by atoms with Gasteiger partial charge in [0.05, 0.1) is 17.6 Å². The van der Waals surface area contributed by atoms with Crippen LogP contribution < -0.4 is 5.73 Å². The summed E-state index contributed by atoms with van der Waals surface area (Å²) in [5, 5.41) is 46.4. The number of phenols is 1. The molecule has 0 spiro atoms. The summed E-state index contributed by atoms with van der Waals surface area (Å²) < 4.78 is 0.817. The summed E-state index contributed by atoms with van der Waals surface area (Å²) in [5.41, 5.74) is 1.67. The van der Waals surface area contributed by atoms with Gasteiger partial charge in [-0.2, -0.15) is 0 Å². The number of aliphatic hydroxyl groups excluding tert-OH is 2. The number of ketones is 2. The van der Waals surface area contributed by atoms with E-state index in [0.29, 0.717) is 17.5 Å². The lowest BCUT2D eigenvalue weighted by atomic mass is 9.39. The largest absolute Gasteiger partial charge is 0.507 e. The molecule has 2 saturated carbocycles. The molecule has 0 aliphatic heterocycles. The SMILES string of the molecule is CC(C)[C@H]1C(O)[C@@H](C(N)=O)C(=O)[C@]2(O)C(O)[C@H]3C(=O)c4c(O)c(C(C)(C)C)cc(I)c4C[C@]3(C)C[C@]12C. The average molecular weight is 628 g/mol. The van der Waals surface area contributed by atoms with Crippen LogP contribution in [0.4, 0.5) is 0 Å². The number of Topliss-reactive ketones (excluding diaryl/α,β-unsaturated/α-hetero) is 2. The monoisotopic (exact) mass is 627 g/mol. The molecule has 0 bridgehead atoms. The van der Waals surface area contributed by atoms with Crippen molar-refractivity contribution in [2.24, 2.45) is 40.2 Å². The zero-order valence-electron chi connectivity index (χ0n) is 22.4. The van der Waals surface area contributed by atoms with Crippen molar-refractivity contribution in [3.63, 3.8) is 0 Å². The molecular weight excluding hydrogens is 589 g/mol. The number of hydrogen-bond donors (Lipinski definition) is 5. The highest BCUT2D eigenvalue weighted by Crippen LogP contribution is 2.66. The van der Waals surface area contributed by atoms with Crippen molar-refractivity contribution in [1.82, 2.24) is 0 Å². The molecule has 8 atom stereocenters. The molecule has 204 valence electrons. The van der Waals surface area contributed by atoms with E-state index < -0.39 is 69.3 Å². The van der Waals surface area contributed by atoms with Crippen molar-refractivity contribution in [3.8, 4) is 5.75 Å². The Balaban J connectivity index is 1.98. The number of hydrogen-bond acceptors (Lipinski definition) is 7. The van der Waals surface area contributed by atoms with Gasteiger partial charge in [-0.05, 0) is 69.7 Å². The number of aromatic hydroxyl groups is 1. The number of primary amides is 1. The molecular formula is C28H38INO7. The van der Waals surface area contributed by atoms with Crippen molar-refractivity contribution in [2.45, 2.75) is 84.5 Å². The van der Waals surface area contributed by atoms with E-state index in [1.54, 1.807) is 6.92 Å². The number of aliphatic hydroxyl groups is 3. The maximum absolute atomic E-state index is 14.2. The number of phenolic OH excluding ortho intramolecular Hbond substituents is 1. The zero-order chi connectivity index (χ0) is 28.2. The van der Waals surface area contributed by atoms with E-state index in [9.17, 15) is 34.8 Å². The molecule has 1 aromatic rings. The first-order chi connectivity index (χ1) is 16.8. The van der Waals surface area contributed by atoms with Gasteiger partial charge < -0.3 is 26.2 Å². The van der Waals surface area contributed by atoms with Gasteiger partial charge in [0.15, 0.2) is 17.2 Å². The van der Waals surface area contributed by atoms with Crippen molar-refractivity contribution in [2.75, 3.05) is 0 Å². The number of rotatable bonds is 2. The maximum Gasteiger partial charge on any atom is 0.230 e. The quantitative estimate of drug-likeness (QED) is 0.249. The van der Waals surface area contributed by atoms with Crippen LogP contribution >= 0.6 is 22.6 Å². The van der Waals surface area contributed by atoms with Gasteiger partial charge in [-0.25, -0.2) is 0 Å². The summed E-state index contributed by atoms with van der Waals surface area (Å²) >= 11 is 2.16. The van der Waals surface area contributed by atoms with Crippen molar-refractivity contribution in [3.05, 3.63) is 26.3 Å². The van der Waals surface area contributed by atoms with E-state index in [-0.39, 0.29) is 23.7 Å². The van der Waals surface area contributed by atoms with Crippen molar-refractivity contribution in [1.29, 1.82) is 0 Å². The van der Waals surface area contributed by atoms with Crippen LogP contribution in [0.1, 0.15) is 76.4 Å². The highest BCUT2D eigenvalue weighted by Gasteiger charge is 2.75. The molecule has 0 radical (unpaired) electrons. The number of halogens is 1. The molecule has 1 amide bonds. The molecule has 2 unspecified atom stereocenters. The molecule has 3 aliphatic carbocycles. The Kier molecular flexibility index (Phi) is 6.51. The van der Waals surface area contributed by atoms with Crippen LogP contribution in [0.25, 0.3) is 0 Å². The van der Waals surface area contributed by atoms with Crippen LogP contribution in [-0.2, 0) is 21.4 Å². The van der Waals surface area contributed by atoms with Crippen LogP contribution in [0.2, 0.25) is 0 Å². The van der Waals surface area contributed by atoms with Gasteiger partial charge in [0.1, 0.15) is 17.8 Å². The van der Waals surface area contributed by atoms with Crippen molar-refractivity contribution >= 4 is 40.1 Å². The molecule has 0 aromatic heterocycles. The van der Waals surface area contributed by atoms with Gasteiger partial charge in [0.2, 0.25) is 5.91 Å². The second kappa shape index (κ2) is 8.47. The second-order valence-corrected chi connectivity index (χ2v) is 14.5. The number of carbonyl (C=O) groups excluding carboxylic acids is 3. The number of benzene rings is 1. The third kappa shape index (κ3) is 3.59. The summed E-state index contributed by atoms with van der Waals surface area (Å²) in [6.45, 7) is 12.9. The van der Waals surface area contributed by atoms with Crippen LogP contribution in [0.15, 0.2) is 6.07 Å². The van der Waals surface area contributed by atoms with Crippen LogP contribution in [-0.4, -0.2) is 55.7 Å². The van der Waals surface area contributed by atoms with Crippen LogP contribution in [0.5, 0.6) is 5.75 Å². The zero-order valence-corrected chi connectivity index (χ0v) is 24.6. The lowest BCUT2D eigenvalue weighted by Crippen LogP contribution is -2.79. The Labute approximate surface area is 231 Å². The first-order valence-electron chi connectivity index (χ1n) is 12.8. The van der Waals surface area contributed by atoms with Crippen molar-refractivity contribution < 1.29 is 34.8 Å². The summed E-state index contributed by atoms with van der Waals surface area (Å²) in [6, 6.07) is 1.88. The molecule has 8 nitrogen and oxygen atoms in total. The molecule has 6 N–H and O–H groups in total. The standard InChI is InChI=1S/C28H38INO7/c1-11(2)17-21(33)16(24(30)36)22(34)28(37)23(35)18-20(32)15-12(9-26(18,6)10-27(17,28)7)14(29)8-13(19(15)31)25(3,4)5/h8,11,16-18,21,23,31,33,35,37H,9-10H2,1-7H3,(H2,30,36)/t16-,17+,18-,21?,23?,26-,27-,28+/m1/s1. The molecule has 0 heterocycles. The Hall–Kier alpha value is -1.56. The van der Waals surface area contributed by atoms with E-state index in [4.69, 9.17) is 5.73 Å². The van der Waals surface area contributed by atoms with Gasteiger partial charge in [-0.3, -0.25) is 14.4 Å². The summed E-state index contributed by atoms with van der Waals surface area (Å²) in [6.07, 6.45) is -2.84. The van der Waals surface area contributed by atoms with Gasteiger partial charge >= 0.3 is 0 Å². The van der Waals surface area contributed by atoms with Gasteiger partial charge in [-0.1, -0.05) is 48.5 Å². The fourth-order valence-corrected chi connectivity index (χ4v) is 8.90. The van der Waals surface area contributed by atoms with Gasteiger partial charge in [-0.15, -0.1) is 0 Å². The minimum Gasteiger partial charge on any atom is -0.507 e. The Morgan fingerprint density at radius 1 is 1.19 bits per heavy atom. The fourth-order valence-electron chi connectivity index (χ4n) is 8.13. The Morgan fingerprint density at radius 3 is 2.24 bits per heavy atom. The fraction of sp³-hybridized carbons (Fsp3) is 0.679.